The van der Waals surface area contributed by atoms with Crippen molar-refractivity contribution in [3.8, 4) is 11.8 Å². The average molecular weight is 366 g/mol. The number of rotatable bonds is 7. The van der Waals surface area contributed by atoms with E-state index in [9.17, 15) is 14.4 Å². The lowest BCUT2D eigenvalue weighted by Gasteiger charge is -2.11. The van der Waals surface area contributed by atoms with Gasteiger partial charge in [0.05, 0.1) is 18.7 Å². The zero-order valence-electron chi connectivity index (χ0n) is 14.9. The maximum Gasteiger partial charge on any atom is 0.338 e. The minimum atomic E-state index is -0.555. The lowest BCUT2D eigenvalue weighted by molar-refractivity contribution is -0.115. The molecule has 0 aliphatic rings. The number of nitriles is 1. The van der Waals surface area contributed by atoms with Gasteiger partial charge in [-0.15, -0.1) is 0 Å². The molecule has 0 aliphatic carbocycles. The van der Waals surface area contributed by atoms with Crippen molar-refractivity contribution in [3.05, 3.63) is 59.2 Å². The van der Waals surface area contributed by atoms with Gasteiger partial charge in [-0.05, 0) is 49.4 Å². The molecule has 138 valence electrons. The zero-order valence-corrected chi connectivity index (χ0v) is 14.9. The Kier molecular flexibility index (Phi) is 6.67. The van der Waals surface area contributed by atoms with Gasteiger partial charge in [0.15, 0.2) is 5.78 Å². The van der Waals surface area contributed by atoms with Crippen LogP contribution >= 0.6 is 0 Å². The lowest BCUT2D eigenvalue weighted by atomic mass is 10.1. The summed E-state index contributed by atoms with van der Waals surface area (Å²) in [4.78, 5) is 35.1. The number of hydrogen-bond acceptors (Lipinski definition) is 6. The highest BCUT2D eigenvalue weighted by Crippen LogP contribution is 2.22. The summed E-state index contributed by atoms with van der Waals surface area (Å²) in [5.41, 5.74) is 1.86. The number of esters is 1. The van der Waals surface area contributed by atoms with Crippen LogP contribution in [0.15, 0.2) is 42.5 Å². The summed E-state index contributed by atoms with van der Waals surface area (Å²) in [5, 5.41) is 11.0. The van der Waals surface area contributed by atoms with Crippen molar-refractivity contribution in [2.45, 2.75) is 20.0 Å². The summed E-state index contributed by atoms with van der Waals surface area (Å²) < 4.78 is 10.5. The number of carbonyl (C=O) groups is 3. The largest absolute Gasteiger partial charge is 0.496 e. The Hall–Kier alpha value is -3.66. The summed E-state index contributed by atoms with van der Waals surface area (Å²) >= 11 is 0. The molecule has 0 fully saturated rings. The molecule has 2 aromatic carbocycles. The van der Waals surface area contributed by atoms with Crippen molar-refractivity contribution in [3.63, 3.8) is 0 Å². The molecule has 0 bridgehead atoms. The van der Waals surface area contributed by atoms with E-state index in [-0.39, 0.29) is 18.8 Å². The number of ketones is 1. The average Bonchev–Trinajstić information content (AvgIpc) is 2.66. The van der Waals surface area contributed by atoms with E-state index in [1.807, 2.05) is 0 Å². The van der Waals surface area contributed by atoms with Gasteiger partial charge in [-0.1, -0.05) is 0 Å². The van der Waals surface area contributed by atoms with Crippen molar-refractivity contribution in [1.29, 1.82) is 5.26 Å². The van der Waals surface area contributed by atoms with Crippen LogP contribution in [-0.2, 0) is 16.1 Å². The maximum absolute atomic E-state index is 12.2. The number of carbonyl (C=O) groups excluding carboxylic acids is 3. The fraction of sp³-hybridized carbons (Fsp3) is 0.200. The van der Waals surface area contributed by atoms with E-state index in [0.717, 1.165) is 0 Å². The lowest BCUT2D eigenvalue weighted by Crippen LogP contribution is -2.11. The van der Waals surface area contributed by atoms with E-state index in [2.05, 4.69) is 5.32 Å². The summed E-state index contributed by atoms with van der Waals surface area (Å²) in [6.45, 7) is 1.40. The maximum atomic E-state index is 12.2. The second kappa shape index (κ2) is 9.15. The van der Waals surface area contributed by atoms with E-state index in [1.165, 1.54) is 26.2 Å². The number of Topliss-reactive ketones (excluding diaryl/α,β-unsaturated/α-hetero) is 1. The van der Waals surface area contributed by atoms with Crippen LogP contribution < -0.4 is 10.1 Å². The molecule has 0 heterocycles. The molecule has 1 N–H and O–H groups in total. The first-order valence-electron chi connectivity index (χ1n) is 8.06. The Labute approximate surface area is 156 Å². The minimum absolute atomic E-state index is 0.0518. The molecule has 0 aromatic heterocycles. The highest BCUT2D eigenvalue weighted by molar-refractivity contribution is 5.95. The Bertz CT molecular complexity index is 898. The third-order valence-corrected chi connectivity index (χ3v) is 3.69. The first kappa shape index (κ1) is 19.7. The highest BCUT2D eigenvalue weighted by Gasteiger charge is 2.12. The Morgan fingerprint density at radius 3 is 2.33 bits per heavy atom. The van der Waals surface area contributed by atoms with E-state index in [1.54, 1.807) is 36.4 Å². The summed E-state index contributed by atoms with van der Waals surface area (Å²) in [5.74, 6) is -0.562. The zero-order chi connectivity index (χ0) is 19.8. The monoisotopic (exact) mass is 366 g/mol. The fourth-order valence-corrected chi connectivity index (χ4v) is 2.30. The van der Waals surface area contributed by atoms with Crippen molar-refractivity contribution in [2.24, 2.45) is 0 Å². The van der Waals surface area contributed by atoms with Gasteiger partial charge < -0.3 is 14.8 Å². The standard InChI is InChI=1S/C20H18N2O5/c1-13(23)15-5-8-18(26-2)16(11-15)12-27-20(25)14-3-6-17(7-4-14)22-19(24)9-10-21/h3-8,11H,9,12H2,1-2H3,(H,22,24). The molecule has 2 aromatic rings. The molecule has 2 rings (SSSR count). The van der Waals surface area contributed by atoms with Crippen molar-refractivity contribution < 1.29 is 23.9 Å². The van der Waals surface area contributed by atoms with Crippen LogP contribution in [0, 0.1) is 11.3 Å². The molecule has 0 atom stereocenters. The van der Waals surface area contributed by atoms with E-state index < -0.39 is 11.9 Å². The van der Waals surface area contributed by atoms with E-state index >= 15 is 0 Å². The van der Waals surface area contributed by atoms with Gasteiger partial charge in [0.25, 0.3) is 0 Å². The van der Waals surface area contributed by atoms with Gasteiger partial charge in [-0.3, -0.25) is 9.59 Å². The molecule has 0 radical (unpaired) electrons. The smallest absolute Gasteiger partial charge is 0.338 e. The van der Waals surface area contributed by atoms with Crippen molar-refractivity contribution >= 4 is 23.3 Å². The van der Waals surface area contributed by atoms with Crippen molar-refractivity contribution in [2.75, 3.05) is 12.4 Å². The van der Waals surface area contributed by atoms with Gasteiger partial charge in [0.1, 0.15) is 18.8 Å². The summed E-state index contributed by atoms with van der Waals surface area (Å²) in [6.07, 6.45) is -0.245. The fourth-order valence-electron chi connectivity index (χ4n) is 2.30. The molecule has 0 aliphatic heterocycles. The van der Waals surface area contributed by atoms with Crippen LogP contribution in [0.4, 0.5) is 5.69 Å². The summed E-state index contributed by atoms with van der Waals surface area (Å²) in [6, 6.07) is 12.8. The molecule has 0 saturated carbocycles. The number of nitrogens with zero attached hydrogens (tertiary/aromatic N) is 1. The number of anilines is 1. The quantitative estimate of drug-likeness (QED) is 0.596. The van der Waals surface area contributed by atoms with E-state index in [0.29, 0.717) is 28.1 Å². The van der Waals surface area contributed by atoms with Gasteiger partial charge in [-0.25, -0.2) is 4.79 Å². The highest BCUT2D eigenvalue weighted by atomic mass is 16.5. The predicted octanol–water partition coefficient (Wildman–Crippen LogP) is 3.11. The van der Waals surface area contributed by atoms with Gasteiger partial charge in [0.2, 0.25) is 5.91 Å². The van der Waals surface area contributed by atoms with Crippen molar-refractivity contribution in [1.82, 2.24) is 0 Å². The van der Waals surface area contributed by atoms with Gasteiger partial charge >= 0.3 is 5.97 Å². The van der Waals surface area contributed by atoms with Crippen LogP contribution in [0.5, 0.6) is 5.75 Å². The Morgan fingerprint density at radius 1 is 1.07 bits per heavy atom. The third-order valence-electron chi connectivity index (χ3n) is 3.69. The van der Waals surface area contributed by atoms with Crippen LogP contribution in [0.25, 0.3) is 0 Å². The molecule has 0 spiro atoms. The van der Waals surface area contributed by atoms with Gasteiger partial charge in [-0.2, -0.15) is 5.26 Å². The third kappa shape index (κ3) is 5.41. The Balaban J connectivity index is 2.03. The minimum Gasteiger partial charge on any atom is -0.496 e. The number of methoxy groups -OCH3 is 1. The second-order valence-electron chi connectivity index (χ2n) is 5.62. The molecular weight excluding hydrogens is 348 g/mol. The number of amides is 1. The topological polar surface area (TPSA) is 105 Å². The summed E-state index contributed by atoms with van der Waals surface area (Å²) in [7, 11) is 1.49. The Morgan fingerprint density at radius 2 is 1.74 bits per heavy atom. The van der Waals surface area contributed by atoms with Gasteiger partial charge in [0, 0.05) is 16.8 Å². The molecule has 27 heavy (non-hydrogen) atoms. The van der Waals surface area contributed by atoms with Crippen LogP contribution in [-0.4, -0.2) is 24.8 Å². The number of nitrogens with one attached hydrogen (secondary N) is 1. The van der Waals surface area contributed by atoms with E-state index in [4.69, 9.17) is 14.7 Å². The van der Waals surface area contributed by atoms with Crippen LogP contribution in [0.3, 0.4) is 0 Å². The number of benzene rings is 2. The SMILES string of the molecule is COc1ccc(C(C)=O)cc1COC(=O)c1ccc(NC(=O)CC#N)cc1. The first-order chi connectivity index (χ1) is 12.9. The molecule has 0 saturated heterocycles. The number of ether oxygens (including phenoxy) is 2. The molecule has 1 amide bonds. The first-order valence-corrected chi connectivity index (χ1v) is 8.06. The molecule has 0 unspecified atom stereocenters. The normalized spacial score (nSPS) is 9.81. The molecular formula is C20H18N2O5. The predicted molar refractivity (Wildman–Crippen MR) is 97.4 cm³/mol. The van der Waals surface area contributed by atoms with Crippen LogP contribution in [0.2, 0.25) is 0 Å². The molecule has 7 heteroatoms. The number of hydrogen-bond donors (Lipinski definition) is 1. The van der Waals surface area contributed by atoms with Crippen LogP contribution in [0.1, 0.15) is 39.6 Å². The molecule has 7 nitrogen and oxygen atoms in total. The second-order valence-corrected chi connectivity index (χ2v) is 5.62.